The van der Waals surface area contributed by atoms with E-state index in [2.05, 4.69) is 5.32 Å². The number of hydrogen-bond acceptors (Lipinski definition) is 6. The molecule has 2 heterocycles. The number of nitrogens with zero attached hydrogens (tertiary/aromatic N) is 3. The smallest absolute Gasteiger partial charge is 0.410 e. The van der Waals surface area contributed by atoms with Gasteiger partial charge in [0.2, 0.25) is 5.91 Å². The van der Waals surface area contributed by atoms with Crippen molar-refractivity contribution >= 4 is 23.6 Å². The maximum absolute atomic E-state index is 15.1. The molecule has 2 aromatic carbocycles. The third-order valence-electron chi connectivity index (χ3n) is 6.86. The van der Waals surface area contributed by atoms with Crippen molar-refractivity contribution < 1.29 is 28.2 Å². The lowest BCUT2D eigenvalue weighted by Gasteiger charge is -2.27. The van der Waals surface area contributed by atoms with Gasteiger partial charge in [-0.2, -0.15) is 5.26 Å². The molecule has 2 aliphatic heterocycles. The number of anilines is 1. The summed E-state index contributed by atoms with van der Waals surface area (Å²) in [5.74, 6) is -1.04. The summed E-state index contributed by atoms with van der Waals surface area (Å²) in [6.45, 7) is 8.12. The minimum Gasteiger partial charge on any atom is -0.444 e. The highest BCUT2D eigenvalue weighted by atomic mass is 19.1. The highest BCUT2D eigenvalue weighted by molar-refractivity contribution is 5.94. The third-order valence-corrected chi connectivity index (χ3v) is 6.86. The van der Waals surface area contributed by atoms with Crippen LogP contribution >= 0.6 is 0 Å². The van der Waals surface area contributed by atoms with E-state index < -0.39 is 35.6 Å². The highest BCUT2D eigenvalue weighted by Crippen LogP contribution is 2.33. The Bertz CT molecular complexity index is 1330. The number of benzene rings is 2. The quantitative estimate of drug-likeness (QED) is 0.603. The number of hydrogen-bond donors (Lipinski definition) is 1. The van der Waals surface area contributed by atoms with Crippen molar-refractivity contribution in [3.63, 3.8) is 0 Å². The van der Waals surface area contributed by atoms with E-state index >= 15 is 4.39 Å². The largest absolute Gasteiger partial charge is 0.444 e. The minimum atomic E-state index is -0.993. The van der Waals surface area contributed by atoms with Crippen molar-refractivity contribution in [3.8, 4) is 17.2 Å². The second kappa shape index (κ2) is 12.0. The third kappa shape index (κ3) is 6.96. The lowest BCUT2D eigenvalue weighted by molar-refractivity contribution is -0.133. The molecule has 0 spiro atoms. The summed E-state index contributed by atoms with van der Waals surface area (Å²) in [5.41, 5.74) is 3.04. The fraction of sp³-hybridized carbons (Fsp3) is 0.467. The van der Waals surface area contributed by atoms with Gasteiger partial charge in [0.05, 0.1) is 12.6 Å². The van der Waals surface area contributed by atoms with Gasteiger partial charge in [0.1, 0.15) is 17.5 Å². The molecule has 0 saturated carbocycles. The summed E-state index contributed by atoms with van der Waals surface area (Å²) in [5, 5.41) is 12.3. The molecule has 1 fully saturated rings. The van der Waals surface area contributed by atoms with Gasteiger partial charge in [-0.15, -0.1) is 0 Å². The number of rotatable bonds is 5. The Labute approximate surface area is 233 Å². The topological polar surface area (TPSA) is 112 Å². The molecule has 2 atom stereocenters. The maximum atomic E-state index is 15.1. The summed E-state index contributed by atoms with van der Waals surface area (Å²) in [6, 6.07) is 11.6. The van der Waals surface area contributed by atoms with E-state index in [-0.39, 0.29) is 31.0 Å². The molecule has 1 N–H and O–H groups in total. The number of amides is 3. The van der Waals surface area contributed by atoms with Gasteiger partial charge >= 0.3 is 6.09 Å². The molecule has 4 rings (SSSR count). The average molecular weight is 551 g/mol. The number of halogens is 1. The number of nitrogens with one attached hydrogen (secondary N) is 1. The molecule has 3 amide bonds. The van der Waals surface area contributed by atoms with E-state index in [4.69, 9.17) is 9.47 Å². The van der Waals surface area contributed by atoms with E-state index in [0.717, 1.165) is 23.2 Å². The normalized spacial score (nSPS) is 17.9. The molecule has 1 saturated heterocycles. The Morgan fingerprint density at radius 3 is 2.58 bits per heavy atom. The fourth-order valence-electron chi connectivity index (χ4n) is 4.89. The highest BCUT2D eigenvalue weighted by Gasteiger charge is 2.31. The van der Waals surface area contributed by atoms with Crippen LogP contribution in [0, 0.1) is 17.1 Å². The summed E-state index contributed by atoms with van der Waals surface area (Å²) < 4.78 is 26.2. The maximum Gasteiger partial charge on any atom is 0.410 e. The van der Waals surface area contributed by atoms with Gasteiger partial charge in [0.25, 0.3) is 5.91 Å². The van der Waals surface area contributed by atoms with Crippen LogP contribution < -0.4 is 10.2 Å². The zero-order valence-electron chi connectivity index (χ0n) is 23.3. The molecule has 10 heteroatoms. The lowest BCUT2D eigenvalue weighted by atomic mass is 9.98. The van der Waals surface area contributed by atoms with Gasteiger partial charge in [-0.25, -0.2) is 9.18 Å². The molecular weight excluding hydrogens is 515 g/mol. The van der Waals surface area contributed by atoms with Crippen LogP contribution in [-0.4, -0.2) is 66.8 Å². The Morgan fingerprint density at radius 2 is 1.90 bits per heavy atom. The Kier molecular flexibility index (Phi) is 8.74. The van der Waals surface area contributed by atoms with Gasteiger partial charge in [0, 0.05) is 38.7 Å². The van der Waals surface area contributed by atoms with Crippen LogP contribution in [0.2, 0.25) is 0 Å². The summed E-state index contributed by atoms with van der Waals surface area (Å²) >= 11 is 0. The predicted octanol–water partition coefficient (Wildman–Crippen LogP) is 3.98. The second-order valence-corrected chi connectivity index (χ2v) is 11.1. The van der Waals surface area contributed by atoms with Crippen LogP contribution in [0.15, 0.2) is 36.4 Å². The molecular formula is C30H35FN4O5. The molecule has 0 radical (unpaired) electrons. The number of carbonyl (C=O) groups is 3. The van der Waals surface area contributed by atoms with Crippen LogP contribution in [0.25, 0.3) is 11.1 Å². The van der Waals surface area contributed by atoms with E-state index in [1.54, 1.807) is 37.8 Å². The standard InChI is InChI=1S/C30H35FN4O5/c1-19(36)35-12-10-23-14-20(8-9-26(23)35)21-6-7-22(25(31)16-21)15-24(17-32)33-28(37)27-18-34(11-5-13-39-27)29(38)40-30(2,3)4/h6-9,14,16,24,27H,5,10-13,15,18H2,1-4H3,(H,33,37)/t24?,27-/m0/s1. The Hall–Kier alpha value is -3.97. The average Bonchev–Trinajstić information content (AvgIpc) is 3.16. The molecule has 212 valence electrons. The molecule has 0 aliphatic carbocycles. The number of carbonyl (C=O) groups excluding carboxylic acids is 3. The molecule has 40 heavy (non-hydrogen) atoms. The van der Waals surface area contributed by atoms with E-state index in [9.17, 15) is 19.6 Å². The van der Waals surface area contributed by atoms with Gasteiger partial charge < -0.3 is 24.6 Å². The van der Waals surface area contributed by atoms with Crippen molar-refractivity contribution in [1.82, 2.24) is 10.2 Å². The number of fused-ring (bicyclic) bond motifs is 1. The van der Waals surface area contributed by atoms with Crippen molar-refractivity contribution in [2.75, 3.05) is 31.1 Å². The summed E-state index contributed by atoms with van der Waals surface area (Å²) in [7, 11) is 0. The SMILES string of the molecule is CC(=O)N1CCc2cc(-c3ccc(CC(C#N)NC(=O)[C@@H]4CN(C(=O)OC(C)(C)C)CCCO4)c(F)c3)ccc21. The van der Waals surface area contributed by atoms with Crippen LogP contribution in [-0.2, 0) is 31.9 Å². The van der Waals surface area contributed by atoms with Gasteiger partial charge in [-0.1, -0.05) is 18.2 Å². The first-order valence-corrected chi connectivity index (χ1v) is 13.4. The molecule has 0 aromatic heterocycles. The second-order valence-electron chi connectivity index (χ2n) is 11.1. The zero-order valence-corrected chi connectivity index (χ0v) is 23.3. The van der Waals surface area contributed by atoms with Crippen LogP contribution in [0.3, 0.4) is 0 Å². The first-order chi connectivity index (χ1) is 18.9. The van der Waals surface area contributed by atoms with E-state index in [1.807, 2.05) is 24.3 Å². The molecule has 1 unspecified atom stereocenters. The summed E-state index contributed by atoms with van der Waals surface area (Å²) in [4.78, 5) is 40.5. The van der Waals surface area contributed by atoms with E-state index in [0.29, 0.717) is 25.1 Å². The Balaban J connectivity index is 1.40. The lowest BCUT2D eigenvalue weighted by Crippen LogP contribution is -2.48. The van der Waals surface area contributed by atoms with Crippen molar-refractivity contribution in [2.24, 2.45) is 0 Å². The zero-order chi connectivity index (χ0) is 29.0. The summed E-state index contributed by atoms with van der Waals surface area (Å²) in [6.07, 6.45) is -0.255. The van der Waals surface area contributed by atoms with Crippen molar-refractivity contribution in [1.29, 1.82) is 5.26 Å². The predicted molar refractivity (Wildman–Crippen MR) is 147 cm³/mol. The number of nitriles is 1. The van der Waals surface area contributed by atoms with Crippen molar-refractivity contribution in [3.05, 3.63) is 53.3 Å². The fourth-order valence-corrected chi connectivity index (χ4v) is 4.89. The monoisotopic (exact) mass is 550 g/mol. The Morgan fingerprint density at radius 1 is 1.18 bits per heavy atom. The van der Waals surface area contributed by atoms with Crippen LogP contribution in [0.5, 0.6) is 0 Å². The van der Waals surface area contributed by atoms with Crippen molar-refractivity contribution in [2.45, 2.75) is 64.7 Å². The van der Waals surface area contributed by atoms with E-state index in [1.165, 1.54) is 17.9 Å². The van der Waals surface area contributed by atoms with Gasteiger partial charge in [-0.3, -0.25) is 9.59 Å². The number of ether oxygens (including phenoxy) is 2. The first-order valence-electron chi connectivity index (χ1n) is 13.4. The van der Waals surface area contributed by atoms with Crippen LogP contribution in [0.1, 0.15) is 45.2 Å². The van der Waals surface area contributed by atoms with Crippen LogP contribution in [0.4, 0.5) is 14.9 Å². The molecule has 0 bridgehead atoms. The van der Waals surface area contributed by atoms with Gasteiger partial charge in [-0.05, 0) is 74.1 Å². The first kappa shape index (κ1) is 29.0. The molecule has 2 aliphatic rings. The van der Waals surface area contributed by atoms with Gasteiger partial charge in [0.15, 0.2) is 6.10 Å². The molecule has 9 nitrogen and oxygen atoms in total. The minimum absolute atomic E-state index is 0.00704. The molecule has 2 aromatic rings.